The summed E-state index contributed by atoms with van der Waals surface area (Å²) in [6, 6.07) is 17.2. The summed E-state index contributed by atoms with van der Waals surface area (Å²) in [5, 5.41) is 21.2. The third-order valence-corrected chi connectivity index (χ3v) is 5.40. The Morgan fingerprint density at radius 1 is 1.05 bits per heavy atom. The topological polar surface area (TPSA) is 124 Å². The maximum Gasteiger partial charge on any atom is 0.412 e. The van der Waals surface area contributed by atoms with Crippen molar-refractivity contribution >= 4 is 17.7 Å². The SMILES string of the molecule is O=C(O)/C=C/CC[C@@H](Oc1ccccc1)[C@H](OC(=O)Nc1ccc2c(c1)OCO2)c1ccc(O)c(F)c1. The zero-order valence-electron chi connectivity index (χ0n) is 19.5. The molecule has 1 aliphatic heterocycles. The number of nitrogens with one attached hydrogen (secondary N) is 1. The average molecular weight is 509 g/mol. The number of carboxylic acid groups (broad SMARTS) is 1. The maximum absolute atomic E-state index is 14.3. The van der Waals surface area contributed by atoms with E-state index in [0.717, 1.165) is 18.2 Å². The smallest absolute Gasteiger partial charge is 0.412 e. The molecule has 0 aliphatic carbocycles. The third-order valence-electron chi connectivity index (χ3n) is 5.40. The van der Waals surface area contributed by atoms with Crippen LogP contribution in [0.2, 0.25) is 0 Å². The number of ether oxygens (including phenoxy) is 4. The zero-order chi connectivity index (χ0) is 26.2. The van der Waals surface area contributed by atoms with Crippen molar-refractivity contribution in [2.75, 3.05) is 12.1 Å². The van der Waals surface area contributed by atoms with Crippen LogP contribution in [0.1, 0.15) is 24.5 Å². The molecule has 0 spiro atoms. The Labute approximate surface area is 211 Å². The molecule has 0 radical (unpaired) electrons. The summed E-state index contributed by atoms with van der Waals surface area (Å²) < 4.78 is 36.7. The van der Waals surface area contributed by atoms with E-state index in [1.807, 2.05) is 0 Å². The maximum atomic E-state index is 14.3. The van der Waals surface area contributed by atoms with Crippen molar-refractivity contribution in [1.82, 2.24) is 0 Å². The largest absolute Gasteiger partial charge is 0.505 e. The van der Waals surface area contributed by atoms with E-state index in [1.165, 1.54) is 12.1 Å². The second-order valence-electron chi connectivity index (χ2n) is 8.02. The molecular formula is C27H24FNO8. The van der Waals surface area contributed by atoms with Crippen LogP contribution in [-0.2, 0) is 9.53 Å². The lowest BCUT2D eigenvalue weighted by atomic mass is 9.99. The lowest BCUT2D eigenvalue weighted by Crippen LogP contribution is -2.31. The first-order chi connectivity index (χ1) is 17.9. The van der Waals surface area contributed by atoms with E-state index >= 15 is 0 Å². The predicted octanol–water partition coefficient (Wildman–Crippen LogP) is 5.42. The van der Waals surface area contributed by atoms with Crippen LogP contribution in [0, 0.1) is 5.82 Å². The van der Waals surface area contributed by atoms with Gasteiger partial charge in [0.05, 0.1) is 0 Å². The molecule has 4 rings (SSSR count). The fraction of sp³-hybridized carbons (Fsp3) is 0.185. The van der Waals surface area contributed by atoms with Gasteiger partial charge in [-0.2, -0.15) is 0 Å². The van der Waals surface area contributed by atoms with Crippen LogP contribution in [0.4, 0.5) is 14.9 Å². The normalized spacial score (nSPS) is 13.6. The number of benzene rings is 3. The summed E-state index contributed by atoms with van der Waals surface area (Å²) in [6.07, 6.45) is 0.138. The molecule has 37 heavy (non-hydrogen) atoms. The minimum absolute atomic E-state index is 0.0759. The number of para-hydroxylation sites is 1. The second kappa shape index (κ2) is 11.8. The molecular weight excluding hydrogens is 485 g/mol. The number of allylic oxidation sites excluding steroid dienone is 1. The monoisotopic (exact) mass is 509 g/mol. The molecule has 9 nitrogen and oxygen atoms in total. The van der Waals surface area contributed by atoms with Crippen molar-refractivity contribution in [1.29, 1.82) is 0 Å². The number of aromatic hydroxyl groups is 1. The lowest BCUT2D eigenvalue weighted by molar-refractivity contribution is -0.131. The van der Waals surface area contributed by atoms with Crippen LogP contribution in [0.25, 0.3) is 0 Å². The van der Waals surface area contributed by atoms with Gasteiger partial charge in [-0.3, -0.25) is 5.32 Å². The number of phenolic OH excluding ortho intramolecular Hbond substituents is 1. The van der Waals surface area contributed by atoms with E-state index in [9.17, 15) is 19.1 Å². The molecule has 1 heterocycles. The number of carbonyl (C=O) groups excluding carboxylic acids is 1. The van der Waals surface area contributed by atoms with E-state index < -0.39 is 35.8 Å². The Morgan fingerprint density at radius 2 is 1.84 bits per heavy atom. The number of carboxylic acids is 1. The van der Waals surface area contributed by atoms with Crippen molar-refractivity contribution in [3.63, 3.8) is 0 Å². The van der Waals surface area contributed by atoms with Gasteiger partial charge in [0.2, 0.25) is 6.79 Å². The van der Waals surface area contributed by atoms with Gasteiger partial charge in [-0.25, -0.2) is 14.0 Å². The molecule has 0 saturated carbocycles. The average Bonchev–Trinajstić information content (AvgIpc) is 3.35. The Hall–Kier alpha value is -4.73. The van der Waals surface area contributed by atoms with E-state index in [2.05, 4.69) is 5.32 Å². The third kappa shape index (κ3) is 6.91. The summed E-state index contributed by atoms with van der Waals surface area (Å²) in [7, 11) is 0. The number of fused-ring (bicyclic) bond motifs is 1. The molecule has 0 saturated heterocycles. The zero-order valence-corrected chi connectivity index (χ0v) is 19.5. The standard InChI is InChI=1S/C27H24FNO8/c28-20-14-17(10-12-21(20)30)26(37-27(33)29-18-11-13-22-24(15-18)35-16-34-22)23(8-4-5-9-25(31)32)36-19-6-2-1-3-7-19/h1-3,5-7,9-15,23,26,30H,4,8,16H2,(H,29,33)(H,31,32)/b9-5+/t23-,26-/m1/s1. The van der Waals surface area contributed by atoms with Crippen molar-refractivity contribution in [3.8, 4) is 23.0 Å². The number of aliphatic carboxylic acids is 1. The van der Waals surface area contributed by atoms with Gasteiger partial charge in [-0.05, 0) is 54.8 Å². The van der Waals surface area contributed by atoms with E-state index in [-0.39, 0.29) is 25.2 Å². The number of amides is 1. The fourth-order valence-electron chi connectivity index (χ4n) is 3.69. The first kappa shape index (κ1) is 25.4. The Bertz CT molecular complexity index is 1280. The van der Waals surface area contributed by atoms with E-state index in [4.69, 9.17) is 24.1 Å². The van der Waals surface area contributed by atoms with Gasteiger partial charge in [0.1, 0.15) is 11.9 Å². The first-order valence-electron chi connectivity index (χ1n) is 11.4. The summed E-state index contributed by atoms with van der Waals surface area (Å²) in [6.45, 7) is 0.0759. The molecule has 0 unspecified atom stereocenters. The number of halogens is 1. The molecule has 10 heteroatoms. The first-order valence-corrected chi connectivity index (χ1v) is 11.4. The lowest BCUT2D eigenvalue weighted by Gasteiger charge is -2.28. The number of carbonyl (C=O) groups is 2. The van der Waals surface area contributed by atoms with Gasteiger partial charge < -0.3 is 29.2 Å². The Kier molecular flexibility index (Phi) is 8.09. The van der Waals surface area contributed by atoms with Gasteiger partial charge >= 0.3 is 12.1 Å². The van der Waals surface area contributed by atoms with Crippen molar-refractivity contribution in [2.45, 2.75) is 25.0 Å². The quantitative estimate of drug-likeness (QED) is 0.310. The van der Waals surface area contributed by atoms with Gasteiger partial charge in [0.25, 0.3) is 0 Å². The summed E-state index contributed by atoms with van der Waals surface area (Å²) in [5.41, 5.74) is 0.620. The summed E-state index contributed by atoms with van der Waals surface area (Å²) >= 11 is 0. The van der Waals surface area contributed by atoms with E-state index in [0.29, 0.717) is 22.9 Å². The van der Waals surface area contributed by atoms with Crippen LogP contribution in [0.3, 0.4) is 0 Å². The molecule has 192 valence electrons. The Balaban J connectivity index is 1.60. The summed E-state index contributed by atoms with van der Waals surface area (Å²) in [5.74, 6) is -1.08. The molecule has 0 aromatic heterocycles. The van der Waals surface area contributed by atoms with Crippen LogP contribution < -0.4 is 19.5 Å². The summed E-state index contributed by atoms with van der Waals surface area (Å²) in [4.78, 5) is 23.8. The highest BCUT2D eigenvalue weighted by atomic mass is 19.1. The minimum atomic E-state index is -1.12. The van der Waals surface area contributed by atoms with Crippen LogP contribution in [-0.4, -0.2) is 35.2 Å². The van der Waals surface area contributed by atoms with Crippen molar-refractivity contribution in [3.05, 3.63) is 90.3 Å². The highest BCUT2D eigenvalue weighted by Gasteiger charge is 2.30. The molecule has 3 aromatic rings. The number of hydrogen-bond donors (Lipinski definition) is 3. The van der Waals surface area contributed by atoms with Crippen molar-refractivity contribution < 1.29 is 43.1 Å². The van der Waals surface area contributed by atoms with Crippen molar-refractivity contribution in [2.24, 2.45) is 0 Å². The Morgan fingerprint density at radius 3 is 2.59 bits per heavy atom. The molecule has 1 aliphatic rings. The molecule has 3 N–H and O–H groups in total. The number of hydrogen-bond acceptors (Lipinski definition) is 7. The highest BCUT2D eigenvalue weighted by Crippen LogP contribution is 2.35. The minimum Gasteiger partial charge on any atom is -0.505 e. The van der Waals surface area contributed by atoms with Gasteiger partial charge in [-0.15, -0.1) is 0 Å². The molecule has 1 amide bonds. The second-order valence-corrected chi connectivity index (χ2v) is 8.02. The van der Waals surface area contributed by atoms with Crippen LogP contribution in [0.15, 0.2) is 78.9 Å². The fourth-order valence-corrected chi connectivity index (χ4v) is 3.69. The molecule has 0 bridgehead atoms. The molecule has 3 aromatic carbocycles. The van der Waals surface area contributed by atoms with E-state index in [1.54, 1.807) is 48.5 Å². The van der Waals surface area contributed by atoms with Crippen LogP contribution in [0.5, 0.6) is 23.0 Å². The number of anilines is 1. The molecule has 2 atom stereocenters. The van der Waals surface area contributed by atoms with Gasteiger partial charge in [0.15, 0.2) is 29.2 Å². The number of phenols is 1. The van der Waals surface area contributed by atoms with Gasteiger partial charge in [0, 0.05) is 17.8 Å². The van der Waals surface area contributed by atoms with Gasteiger partial charge in [-0.1, -0.05) is 30.3 Å². The molecule has 0 fully saturated rings. The predicted molar refractivity (Wildman–Crippen MR) is 130 cm³/mol. The highest BCUT2D eigenvalue weighted by molar-refractivity contribution is 5.85. The van der Waals surface area contributed by atoms with Crippen LogP contribution >= 0.6 is 0 Å². The number of rotatable bonds is 10.